The number of halogens is 3. The molecule has 0 unspecified atom stereocenters. The molecule has 0 bridgehead atoms. The van der Waals surface area contributed by atoms with E-state index in [1.54, 1.807) is 13.0 Å². The lowest BCUT2D eigenvalue weighted by Gasteiger charge is -2.21. The molecule has 0 radical (unpaired) electrons. The second kappa shape index (κ2) is 10.6. The van der Waals surface area contributed by atoms with E-state index < -0.39 is 30.1 Å². The normalized spacial score (nSPS) is 13.2. The second-order valence-electron chi connectivity index (χ2n) is 8.11. The number of nitrogens with one attached hydrogen (secondary N) is 1. The predicted octanol–water partition coefficient (Wildman–Crippen LogP) is 5.03. The summed E-state index contributed by atoms with van der Waals surface area (Å²) in [4.78, 5) is 38.7. The molecule has 1 N–H and O–H groups in total. The maximum absolute atomic E-state index is 13.1. The van der Waals surface area contributed by atoms with Crippen LogP contribution in [0.2, 0.25) is 0 Å². The molecule has 0 atom stereocenters. The van der Waals surface area contributed by atoms with Gasteiger partial charge in [-0.05, 0) is 61.9 Å². The number of Topliss-reactive ketones (excluding diaryl/α,β-unsaturated/α-hetero) is 1. The molecule has 0 fully saturated rings. The third-order valence-corrected chi connectivity index (χ3v) is 5.81. The van der Waals surface area contributed by atoms with E-state index in [2.05, 4.69) is 5.32 Å². The number of alkyl halides is 3. The molecule has 0 aliphatic heterocycles. The number of anilines is 1. The number of hydrogen-bond acceptors (Lipinski definition) is 3. The zero-order valence-electron chi connectivity index (χ0n) is 18.5. The summed E-state index contributed by atoms with van der Waals surface area (Å²) in [7, 11) is 0. The molecule has 1 aliphatic carbocycles. The number of carbonyl (C=O) groups excluding carboxylic acids is 3. The zero-order valence-corrected chi connectivity index (χ0v) is 18.5. The summed E-state index contributed by atoms with van der Waals surface area (Å²) in [5, 5.41) is 2.24. The minimum Gasteiger partial charge on any atom is -0.334 e. The Balaban J connectivity index is 1.56. The molecule has 2 amide bonds. The maximum atomic E-state index is 13.1. The average Bonchev–Trinajstić information content (AvgIpc) is 2.80. The standard InChI is InChI=1S/C25H27F3N2O3/c1-2-30(16-23(32)29-21-10-6-5-9-20(21)25(26,27)28)24(33)14-13-22(31)19-12-11-17-7-3-4-8-18(17)15-19/h5-6,9-12,15H,2-4,7-8,13-14,16H2,1H3,(H,29,32). The molecule has 2 aromatic rings. The Labute approximate surface area is 191 Å². The predicted molar refractivity (Wildman–Crippen MR) is 119 cm³/mol. The van der Waals surface area contributed by atoms with E-state index in [-0.39, 0.29) is 30.9 Å². The van der Waals surface area contributed by atoms with E-state index in [9.17, 15) is 27.6 Å². The highest BCUT2D eigenvalue weighted by molar-refractivity contribution is 5.99. The van der Waals surface area contributed by atoms with Crippen molar-refractivity contribution in [2.45, 2.75) is 51.6 Å². The van der Waals surface area contributed by atoms with Gasteiger partial charge < -0.3 is 10.2 Å². The van der Waals surface area contributed by atoms with Gasteiger partial charge in [-0.15, -0.1) is 0 Å². The summed E-state index contributed by atoms with van der Waals surface area (Å²) in [6, 6.07) is 10.3. The van der Waals surface area contributed by atoms with Gasteiger partial charge in [0.25, 0.3) is 0 Å². The Bertz CT molecular complexity index is 1030. The first-order valence-electron chi connectivity index (χ1n) is 11.1. The molecule has 1 aliphatic rings. The largest absolute Gasteiger partial charge is 0.418 e. The zero-order chi connectivity index (χ0) is 24.0. The summed E-state index contributed by atoms with van der Waals surface area (Å²) in [6.45, 7) is 1.47. The van der Waals surface area contributed by atoms with E-state index in [1.807, 2.05) is 12.1 Å². The van der Waals surface area contributed by atoms with Crippen LogP contribution in [0.15, 0.2) is 42.5 Å². The number of likely N-dealkylation sites (N-methyl/N-ethyl adjacent to an activating group) is 1. The summed E-state index contributed by atoms with van der Waals surface area (Å²) < 4.78 is 39.4. The fraction of sp³-hybridized carbons (Fsp3) is 0.400. The van der Waals surface area contributed by atoms with Crippen LogP contribution >= 0.6 is 0 Å². The van der Waals surface area contributed by atoms with Gasteiger partial charge in [-0.25, -0.2) is 0 Å². The molecule has 0 aromatic heterocycles. The Hall–Kier alpha value is -3.16. The first-order chi connectivity index (χ1) is 15.7. The highest BCUT2D eigenvalue weighted by Crippen LogP contribution is 2.34. The lowest BCUT2D eigenvalue weighted by molar-refractivity contribution is -0.137. The fourth-order valence-corrected chi connectivity index (χ4v) is 4.01. The topological polar surface area (TPSA) is 66.5 Å². The molecule has 0 heterocycles. The second-order valence-corrected chi connectivity index (χ2v) is 8.11. The monoisotopic (exact) mass is 460 g/mol. The Morgan fingerprint density at radius 1 is 0.970 bits per heavy atom. The third kappa shape index (κ3) is 6.43. The Morgan fingerprint density at radius 2 is 1.67 bits per heavy atom. The van der Waals surface area contributed by atoms with Crippen molar-refractivity contribution in [3.8, 4) is 0 Å². The van der Waals surface area contributed by atoms with Crippen LogP contribution in [-0.4, -0.2) is 35.6 Å². The maximum Gasteiger partial charge on any atom is 0.418 e. The number of amides is 2. The lowest BCUT2D eigenvalue weighted by Crippen LogP contribution is -2.38. The number of fused-ring (bicyclic) bond motifs is 1. The molecule has 0 saturated carbocycles. The van der Waals surface area contributed by atoms with Crippen LogP contribution in [0.1, 0.15) is 59.7 Å². The highest BCUT2D eigenvalue weighted by atomic mass is 19.4. The highest BCUT2D eigenvalue weighted by Gasteiger charge is 2.33. The summed E-state index contributed by atoms with van der Waals surface area (Å²) in [5.74, 6) is -1.28. The lowest BCUT2D eigenvalue weighted by atomic mass is 9.89. The average molecular weight is 460 g/mol. The van der Waals surface area contributed by atoms with E-state index >= 15 is 0 Å². The quantitative estimate of drug-likeness (QED) is 0.562. The van der Waals surface area contributed by atoms with Gasteiger partial charge in [0.05, 0.1) is 17.8 Å². The Kier molecular flexibility index (Phi) is 7.89. The molecule has 3 rings (SSSR count). The van der Waals surface area contributed by atoms with E-state index in [1.165, 1.54) is 28.2 Å². The van der Waals surface area contributed by atoms with Crippen LogP contribution in [0.5, 0.6) is 0 Å². The van der Waals surface area contributed by atoms with Crippen LogP contribution in [0, 0.1) is 0 Å². The molecular weight excluding hydrogens is 433 g/mol. The van der Waals surface area contributed by atoms with Gasteiger partial charge >= 0.3 is 6.18 Å². The van der Waals surface area contributed by atoms with Crippen molar-refractivity contribution in [3.05, 3.63) is 64.7 Å². The molecule has 2 aromatic carbocycles. The number of ketones is 1. The van der Waals surface area contributed by atoms with Crippen LogP contribution in [0.4, 0.5) is 18.9 Å². The molecular formula is C25H27F3N2O3. The van der Waals surface area contributed by atoms with Gasteiger partial charge in [0.2, 0.25) is 11.8 Å². The number of nitrogens with zero attached hydrogens (tertiary/aromatic N) is 1. The fourth-order valence-electron chi connectivity index (χ4n) is 4.01. The molecule has 0 spiro atoms. The van der Waals surface area contributed by atoms with E-state index in [4.69, 9.17) is 0 Å². The van der Waals surface area contributed by atoms with E-state index in [0.29, 0.717) is 5.56 Å². The molecule has 33 heavy (non-hydrogen) atoms. The van der Waals surface area contributed by atoms with Crippen LogP contribution in [0.3, 0.4) is 0 Å². The number of benzene rings is 2. The first-order valence-corrected chi connectivity index (χ1v) is 11.1. The van der Waals surface area contributed by atoms with Crippen molar-refractivity contribution in [2.75, 3.05) is 18.4 Å². The van der Waals surface area contributed by atoms with Crippen LogP contribution < -0.4 is 5.32 Å². The molecule has 0 saturated heterocycles. The third-order valence-electron chi connectivity index (χ3n) is 5.81. The number of para-hydroxylation sites is 1. The van der Waals surface area contributed by atoms with E-state index in [0.717, 1.165) is 37.8 Å². The summed E-state index contributed by atoms with van der Waals surface area (Å²) in [5.41, 5.74) is 1.71. The number of rotatable bonds is 8. The summed E-state index contributed by atoms with van der Waals surface area (Å²) in [6.07, 6.45) is -0.458. The van der Waals surface area contributed by atoms with Crippen molar-refractivity contribution >= 4 is 23.3 Å². The van der Waals surface area contributed by atoms with Gasteiger partial charge in [-0.1, -0.05) is 24.3 Å². The van der Waals surface area contributed by atoms with Gasteiger partial charge in [0, 0.05) is 24.9 Å². The van der Waals surface area contributed by atoms with Gasteiger partial charge in [-0.2, -0.15) is 13.2 Å². The summed E-state index contributed by atoms with van der Waals surface area (Å²) >= 11 is 0. The van der Waals surface area contributed by atoms with Crippen molar-refractivity contribution in [2.24, 2.45) is 0 Å². The first kappa shape index (κ1) is 24.5. The number of aryl methyl sites for hydroxylation is 2. The molecule has 176 valence electrons. The van der Waals surface area contributed by atoms with Crippen molar-refractivity contribution in [1.29, 1.82) is 0 Å². The number of carbonyl (C=O) groups is 3. The van der Waals surface area contributed by atoms with Crippen molar-refractivity contribution in [3.63, 3.8) is 0 Å². The SMILES string of the molecule is CCN(CC(=O)Nc1ccccc1C(F)(F)F)C(=O)CCC(=O)c1ccc2c(c1)CCCC2. The molecule has 8 heteroatoms. The molecule has 5 nitrogen and oxygen atoms in total. The smallest absolute Gasteiger partial charge is 0.334 e. The Morgan fingerprint density at radius 3 is 2.36 bits per heavy atom. The van der Waals surface area contributed by atoms with Crippen molar-refractivity contribution < 1.29 is 27.6 Å². The number of hydrogen-bond donors (Lipinski definition) is 1. The minimum atomic E-state index is -4.61. The van der Waals surface area contributed by atoms with Gasteiger partial charge in [0.15, 0.2) is 5.78 Å². The van der Waals surface area contributed by atoms with Crippen LogP contribution in [0.25, 0.3) is 0 Å². The van der Waals surface area contributed by atoms with Crippen LogP contribution in [-0.2, 0) is 28.6 Å². The van der Waals surface area contributed by atoms with Gasteiger partial charge in [0.1, 0.15) is 0 Å². The minimum absolute atomic E-state index is 0.00659. The van der Waals surface area contributed by atoms with Gasteiger partial charge in [-0.3, -0.25) is 14.4 Å². The van der Waals surface area contributed by atoms with Crippen molar-refractivity contribution in [1.82, 2.24) is 4.90 Å².